The van der Waals surface area contributed by atoms with Gasteiger partial charge in [-0.1, -0.05) is 13.8 Å². The van der Waals surface area contributed by atoms with Crippen LogP contribution in [0.4, 0.5) is 4.79 Å². The van der Waals surface area contributed by atoms with Crippen LogP contribution in [0.15, 0.2) is 0 Å². The monoisotopic (exact) mass is 284 g/mol. The number of ether oxygens (including phenoxy) is 1. The second kappa shape index (κ2) is 7.87. The highest BCUT2D eigenvalue weighted by Crippen LogP contribution is 2.25. The summed E-state index contributed by atoms with van der Waals surface area (Å²) in [7, 11) is 0. The number of nitrogens with one attached hydrogen (secondary N) is 1. The Morgan fingerprint density at radius 2 is 1.90 bits per heavy atom. The molecule has 0 bridgehead atoms. The zero-order valence-electron chi connectivity index (χ0n) is 13.9. The molecule has 1 unspecified atom stereocenters. The van der Waals surface area contributed by atoms with Crippen molar-refractivity contribution in [3.8, 4) is 0 Å². The molecule has 20 heavy (non-hydrogen) atoms. The number of hydrogen-bond acceptors (Lipinski definition) is 3. The first-order valence-electron chi connectivity index (χ1n) is 8.09. The molecular formula is C16H32N2O2. The van der Waals surface area contributed by atoms with Crippen LogP contribution in [0.3, 0.4) is 0 Å². The van der Waals surface area contributed by atoms with E-state index in [1.807, 2.05) is 25.7 Å². The largest absolute Gasteiger partial charge is 0.444 e. The Labute approximate surface area is 124 Å². The minimum absolute atomic E-state index is 0.148. The van der Waals surface area contributed by atoms with Crippen molar-refractivity contribution in [1.29, 1.82) is 0 Å². The molecule has 1 aliphatic heterocycles. The van der Waals surface area contributed by atoms with Crippen LogP contribution in [0.1, 0.15) is 60.3 Å². The van der Waals surface area contributed by atoms with Crippen LogP contribution in [0.2, 0.25) is 0 Å². The molecule has 0 spiro atoms. The van der Waals surface area contributed by atoms with E-state index in [9.17, 15) is 4.79 Å². The zero-order valence-corrected chi connectivity index (χ0v) is 13.9. The van der Waals surface area contributed by atoms with Crippen LogP contribution in [0.5, 0.6) is 0 Å². The van der Waals surface area contributed by atoms with Gasteiger partial charge in [0.25, 0.3) is 0 Å². The van der Waals surface area contributed by atoms with Crippen LogP contribution in [-0.4, -0.2) is 42.3 Å². The van der Waals surface area contributed by atoms with Gasteiger partial charge in [-0.05, 0) is 65.5 Å². The van der Waals surface area contributed by atoms with Crippen molar-refractivity contribution in [2.24, 2.45) is 5.92 Å². The van der Waals surface area contributed by atoms with E-state index in [2.05, 4.69) is 19.2 Å². The van der Waals surface area contributed by atoms with Crippen LogP contribution < -0.4 is 5.32 Å². The van der Waals surface area contributed by atoms with Gasteiger partial charge in [0.05, 0.1) is 0 Å². The molecule has 1 amide bonds. The molecule has 4 heteroatoms. The molecule has 1 atom stereocenters. The molecular weight excluding hydrogens is 252 g/mol. The summed E-state index contributed by atoms with van der Waals surface area (Å²) in [5, 5.41) is 3.40. The molecule has 1 aliphatic rings. The summed E-state index contributed by atoms with van der Waals surface area (Å²) in [6.45, 7) is 13.0. The van der Waals surface area contributed by atoms with Gasteiger partial charge in [-0.3, -0.25) is 0 Å². The van der Waals surface area contributed by atoms with Gasteiger partial charge in [0.1, 0.15) is 5.60 Å². The SMILES string of the molecule is CCCN(C(=O)OC(C)(C)C)C(CC)C1CCNCC1. The summed E-state index contributed by atoms with van der Waals surface area (Å²) < 4.78 is 5.60. The molecule has 4 nitrogen and oxygen atoms in total. The standard InChI is InChI=1S/C16H32N2O2/c1-6-12-18(15(19)20-16(3,4)5)14(7-2)13-8-10-17-11-9-13/h13-14,17H,6-12H2,1-5H3. The van der Waals surface area contributed by atoms with Crippen LogP contribution in [-0.2, 0) is 4.74 Å². The van der Waals surface area contributed by atoms with Crippen molar-refractivity contribution in [2.45, 2.75) is 71.9 Å². The number of hydrogen-bond donors (Lipinski definition) is 1. The van der Waals surface area contributed by atoms with E-state index in [1.165, 1.54) is 0 Å². The van der Waals surface area contributed by atoms with Crippen LogP contribution >= 0.6 is 0 Å². The van der Waals surface area contributed by atoms with Gasteiger partial charge in [-0.15, -0.1) is 0 Å². The van der Waals surface area contributed by atoms with Gasteiger partial charge in [0.15, 0.2) is 0 Å². The highest BCUT2D eigenvalue weighted by Gasteiger charge is 2.32. The Morgan fingerprint density at radius 1 is 1.30 bits per heavy atom. The van der Waals surface area contributed by atoms with E-state index in [4.69, 9.17) is 4.74 Å². The highest BCUT2D eigenvalue weighted by atomic mass is 16.6. The van der Waals surface area contributed by atoms with Crippen molar-refractivity contribution in [3.63, 3.8) is 0 Å². The van der Waals surface area contributed by atoms with Crippen molar-refractivity contribution >= 4 is 6.09 Å². The summed E-state index contributed by atoms with van der Waals surface area (Å²) >= 11 is 0. The molecule has 1 N–H and O–H groups in total. The Balaban J connectivity index is 2.76. The topological polar surface area (TPSA) is 41.6 Å². The number of nitrogens with zero attached hydrogens (tertiary/aromatic N) is 1. The minimum Gasteiger partial charge on any atom is -0.444 e. The normalized spacial score (nSPS) is 18.6. The van der Waals surface area contributed by atoms with E-state index < -0.39 is 5.60 Å². The van der Waals surface area contributed by atoms with Gasteiger partial charge in [0.2, 0.25) is 0 Å². The third kappa shape index (κ3) is 5.31. The fraction of sp³-hybridized carbons (Fsp3) is 0.938. The number of carbonyl (C=O) groups excluding carboxylic acids is 1. The smallest absolute Gasteiger partial charge is 0.410 e. The van der Waals surface area contributed by atoms with Gasteiger partial charge >= 0.3 is 6.09 Å². The summed E-state index contributed by atoms with van der Waals surface area (Å²) in [5.74, 6) is 0.598. The third-order valence-corrected chi connectivity index (χ3v) is 3.84. The zero-order chi connectivity index (χ0) is 15.2. The lowest BCUT2D eigenvalue weighted by Crippen LogP contribution is -2.49. The average molecular weight is 284 g/mol. The fourth-order valence-corrected chi connectivity index (χ4v) is 2.99. The van der Waals surface area contributed by atoms with Gasteiger partial charge < -0.3 is 15.0 Å². The van der Waals surface area contributed by atoms with E-state index in [0.29, 0.717) is 12.0 Å². The number of amides is 1. The molecule has 0 aromatic rings. The minimum atomic E-state index is -0.421. The highest BCUT2D eigenvalue weighted by molar-refractivity contribution is 5.68. The molecule has 0 saturated carbocycles. The van der Waals surface area contributed by atoms with Crippen molar-refractivity contribution in [3.05, 3.63) is 0 Å². The lowest BCUT2D eigenvalue weighted by Gasteiger charge is -2.39. The number of rotatable bonds is 5. The van der Waals surface area contributed by atoms with Gasteiger partial charge in [0, 0.05) is 12.6 Å². The van der Waals surface area contributed by atoms with E-state index >= 15 is 0 Å². The maximum Gasteiger partial charge on any atom is 0.410 e. The van der Waals surface area contributed by atoms with E-state index in [-0.39, 0.29) is 6.09 Å². The Bertz CT molecular complexity index is 293. The summed E-state index contributed by atoms with van der Waals surface area (Å²) in [5.41, 5.74) is -0.421. The van der Waals surface area contributed by atoms with Crippen molar-refractivity contribution in [2.75, 3.05) is 19.6 Å². The predicted molar refractivity (Wildman–Crippen MR) is 82.9 cm³/mol. The average Bonchev–Trinajstić information content (AvgIpc) is 2.38. The maximum atomic E-state index is 12.5. The Hall–Kier alpha value is -0.770. The molecule has 0 aromatic heterocycles. The van der Waals surface area contributed by atoms with E-state index in [1.54, 1.807) is 0 Å². The molecule has 0 aliphatic carbocycles. The quantitative estimate of drug-likeness (QED) is 0.841. The van der Waals surface area contributed by atoms with Gasteiger partial charge in [-0.2, -0.15) is 0 Å². The number of carbonyl (C=O) groups is 1. The van der Waals surface area contributed by atoms with Crippen LogP contribution in [0.25, 0.3) is 0 Å². The lowest BCUT2D eigenvalue weighted by atomic mass is 9.87. The Morgan fingerprint density at radius 3 is 2.35 bits per heavy atom. The molecule has 1 saturated heterocycles. The second-order valence-electron chi connectivity index (χ2n) is 6.74. The molecule has 1 fully saturated rings. The van der Waals surface area contributed by atoms with Crippen LogP contribution in [0, 0.1) is 5.92 Å². The first kappa shape index (κ1) is 17.3. The second-order valence-corrected chi connectivity index (χ2v) is 6.74. The summed E-state index contributed by atoms with van der Waals surface area (Å²) in [6, 6.07) is 0.312. The molecule has 0 aromatic carbocycles. The number of piperidine rings is 1. The van der Waals surface area contributed by atoms with E-state index in [0.717, 1.165) is 45.3 Å². The Kier molecular flexibility index (Phi) is 6.80. The first-order valence-corrected chi connectivity index (χ1v) is 8.09. The van der Waals surface area contributed by atoms with Crippen molar-refractivity contribution < 1.29 is 9.53 Å². The predicted octanol–water partition coefficient (Wildman–Crippen LogP) is 3.41. The lowest BCUT2D eigenvalue weighted by molar-refractivity contribution is 0.00653. The third-order valence-electron chi connectivity index (χ3n) is 3.84. The summed E-state index contributed by atoms with van der Waals surface area (Å²) in [6.07, 6.45) is 4.14. The fourth-order valence-electron chi connectivity index (χ4n) is 2.99. The molecule has 118 valence electrons. The molecule has 1 rings (SSSR count). The molecule has 0 radical (unpaired) electrons. The van der Waals surface area contributed by atoms with Crippen molar-refractivity contribution in [1.82, 2.24) is 10.2 Å². The summed E-state index contributed by atoms with van der Waals surface area (Å²) in [4.78, 5) is 14.5. The van der Waals surface area contributed by atoms with Gasteiger partial charge in [-0.25, -0.2) is 4.79 Å². The maximum absolute atomic E-state index is 12.5. The molecule has 1 heterocycles. The first-order chi connectivity index (χ1) is 9.39.